The number of aromatic nitrogens is 3. The van der Waals surface area contributed by atoms with Gasteiger partial charge in [-0.3, -0.25) is 4.57 Å². The summed E-state index contributed by atoms with van der Waals surface area (Å²) in [6.45, 7) is 6.16. The Balaban J connectivity index is 2.26. The van der Waals surface area contributed by atoms with E-state index in [1.807, 2.05) is 19.1 Å². The first-order chi connectivity index (χ1) is 11.0. The molecule has 0 atom stereocenters. The van der Waals surface area contributed by atoms with Crippen molar-refractivity contribution >= 4 is 34.4 Å². The number of fused-ring (bicyclic) bond motifs is 1. The topological polar surface area (TPSA) is 30.7 Å². The van der Waals surface area contributed by atoms with Gasteiger partial charge in [0.15, 0.2) is 5.65 Å². The molecule has 3 rings (SSSR count). The Morgan fingerprint density at radius 2 is 1.91 bits per heavy atom. The molecule has 0 unspecified atom stereocenters. The fourth-order valence-corrected chi connectivity index (χ4v) is 3.40. The van der Waals surface area contributed by atoms with Gasteiger partial charge in [-0.2, -0.15) is 0 Å². The predicted molar refractivity (Wildman–Crippen MR) is 97.2 cm³/mol. The molecule has 0 N–H and O–H groups in total. The van der Waals surface area contributed by atoms with Crippen LogP contribution in [-0.4, -0.2) is 20.4 Å². The van der Waals surface area contributed by atoms with Crippen LogP contribution >= 0.6 is 23.2 Å². The minimum Gasteiger partial charge on any atom is -0.279 e. The molecule has 0 spiro atoms. The van der Waals surface area contributed by atoms with Gasteiger partial charge in [0.25, 0.3) is 0 Å². The van der Waals surface area contributed by atoms with E-state index < -0.39 is 0 Å². The molecule has 1 aromatic carbocycles. The van der Waals surface area contributed by atoms with Crippen molar-refractivity contribution in [3.63, 3.8) is 0 Å². The summed E-state index contributed by atoms with van der Waals surface area (Å²) in [6.07, 6.45) is 1.62. The molecular weight excluding hydrogens is 329 g/mol. The lowest BCUT2D eigenvalue weighted by Gasteiger charge is -2.11. The molecule has 0 aliphatic carbocycles. The van der Waals surface area contributed by atoms with Gasteiger partial charge in [0.1, 0.15) is 11.3 Å². The molecule has 23 heavy (non-hydrogen) atoms. The summed E-state index contributed by atoms with van der Waals surface area (Å²) in [5.74, 6) is 1.55. The first-order valence-electron chi connectivity index (χ1n) is 7.75. The van der Waals surface area contributed by atoms with Gasteiger partial charge in [0, 0.05) is 18.0 Å². The minimum absolute atomic E-state index is 0.587. The van der Waals surface area contributed by atoms with Crippen LogP contribution in [0.4, 0.5) is 0 Å². The van der Waals surface area contributed by atoms with Crippen LogP contribution in [0, 0.1) is 13.8 Å². The van der Waals surface area contributed by atoms with Crippen molar-refractivity contribution in [2.24, 2.45) is 0 Å². The summed E-state index contributed by atoms with van der Waals surface area (Å²) in [6, 6.07) is 8.14. The van der Waals surface area contributed by atoms with Gasteiger partial charge in [0.05, 0.1) is 10.7 Å². The zero-order chi connectivity index (χ0) is 16.6. The van der Waals surface area contributed by atoms with Gasteiger partial charge < -0.3 is 0 Å². The Morgan fingerprint density at radius 3 is 2.57 bits per heavy atom. The van der Waals surface area contributed by atoms with E-state index in [1.54, 1.807) is 0 Å². The van der Waals surface area contributed by atoms with Gasteiger partial charge in [-0.25, -0.2) is 9.97 Å². The van der Waals surface area contributed by atoms with Crippen LogP contribution in [0.25, 0.3) is 16.9 Å². The fraction of sp³-hybridized carbons (Fsp3) is 0.333. The van der Waals surface area contributed by atoms with Gasteiger partial charge in [0.2, 0.25) is 0 Å². The molecule has 3 nitrogen and oxygen atoms in total. The summed E-state index contributed by atoms with van der Waals surface area (Å²) >= 11 is 12.4. The third-order valence-electron chi connectivity index (χ3n) is 3.96. The van der Waals surface area contributed by atoms with E-state index in [4.69, 9.17) is 33.2 Å². The number of hydrogen-bond donors (Lipinski definition) is 0. The summed E-state index contributed by atoms with van der Waals surface area (Å²) in [5.41, 5.74) is 5.97. The van der Waals surface area contributed by atoms with E-state index in [0.29, 0.717) is 10.9 Å². The molecule has 0 saturated heterocycles. The Bertz CT molecular complexity index is 868. The quantitative estimate of drug-likeness (QED) is 0.619. The number of rotatable bonds is 4. The maximum Gasteiger partial charge on any atom is 0.165 e. The molecule has 0 fully saturated rings. The standard InChI is InChI=1S/C18H19Cl2N3/c1-4-16-22-17-11(2)9-12(3)21-18(17)23(16)15-6-5-13(7-8-19)10-14(15)20/h5-6,9-10H,4,7-8H2,1-3H3. The normalized spacial score (nSPS) is 11.3. The first-order valence-corrected chi connectivity index (χ1v) is 8.66. The number of halogens is 2. The van der Waals surface area contributed by atoms with Crippen molar-refractivity contribution < 1.29 is 0 Å². The van der Waals surface area contributed by atoms with Crippen molar-refractivity contribution in [3.05, 3.63) is 51.9 Å². The molecule has 120 valence electrons. The number of benzene rings is 1. The van der Waals surface area contributed by atoms with Crippen molar-refractivity contribution in [3.8, 4) is 5.69 Å². The maximum atomic E-state index is 6.55. The molecule has 0 amide bonds. The van der Waals surface area contributed by atoms with Crippen molar-refractivity contribution in [2.45, 2.75) is 33.6 Å². The average molecular weight is 348 g/mol. The molecule has 0 radical (unpaired) electrons. The van der Waals surface area contributed by atoms with Crippen molar-refractivity contribution in [1.29, 1.82) is 0 Å². The molecule has 2 aromatic heterocycles. The van der Waals surface area contributed by atoms with E-state index in [0.717, 1.165) is 52.3 Å². The number of nitrogens with zero attached hydrogens (tertiary/aromatic N) is 3. The zero-order valence-electron chi connectivity index (χ0n) is 13.5. The monoisotopic (exact) mass is 347 g/mol. The molecular formula is C18H19Cl2N3. The van der Waals surface area contributed by atoms with Crippen LogP contribution in [0.3, 0.4) is 0 Å². The second-order valence-electron chi connectivity index (χ2n) is 5.69. The fourth-order valence-electron chi connectivity index (χ4n) is 2.89. The third-order valence-corrected chi connectivity index (χ3v) is 4.45. The van der Waals surface area contributed by atoms with Crippen molar-refractivity contribution in [1.82, 2.24) is 14.5 Å². The zero-order valence-corrected chi connectivity index (χ0v) is 15.0. The van der Waals surface area contributed by atoms with E-state index in [2.05, 4.69) is 30.5 Å². The molecule has 5 heteroatoms. The van der Waals surface area contributed by atoms with Gasteiger partial charge in [-0.15, -0.1) is 11.6 Å². The number of alkyl halides is 1. The lowest BCUT2D eigenvalue weighted by Crippen LogP contribution is -2.03. The minimum atomic E-state index is 0.587. The Hall–Kier alpha value is -1.58. The van der Waals surface area contributed by atoms with Crippen LogP contribution < -0.4 is 0 Å². The number of aryl methyl sites for hydroxylation is 4. The molecule has 0 saturated carbocycles. The Labute approximate surface area is 146 Å². The van der Waals surface area contributed by atoms with Gasteiger partial charge in [-0.1, -0.05) is 24.6 Å². The Morgan fingerprint density at radius 1 is 1.13 bits per heavy atom. The molecule has 0 aliphatic heterocycles. The van der Waals surface area contributed by atoms with Crippen LogP contribution in [0.1, 0.15) is 29.6 Å². The number of hydrogen-bond acceptors (Lipinski definition) is 2. The lowest BCUT2D eigenvalue weighted by atomic mass is 10.1. The van der Waals surface area contributed by atoms with Crippen molar-refractivity contribution in [2.75, 3.05) is 5.88 Å². The van der Waals surface area contributed by atoms with E-state index in [9.17, 15) is 0 Å². The highest BCUT2D eigenvalue weighted by Crippen LogP contribution is 2.29. The summed E-state index contributed by atoms with van der Waals surface area (Å²) in [4.78, 5) is 9.47. The highest BCUT2D eigenvalue weighted by Gasteiger charge is 2.16. The summed E-state index contributed by atoms with van der Waals surface area (Å²) in [7, 11) is 0. The van der Waals surface area contributed by atoms with E-state index in [-0.39, 0.29) is 0 Å². The number of imidazole rings is 1. The molecule has 3 aromatic rings. The molecule has 2 heterocycles. The number of pyridine rings is 1. The second kappa shape index (κ2) is 6.50. The average Bonchev–Trinajstić information content (AvgIpc) is 2.86. The Kier molecular flexibility index (Phi) is 4.60. The van der Waals surface area contributed by atoms with Crippen LogP contribution in [0.2, 0.25) is 5.02 Å². The van der Waals surface area contributed by atoms with Gasteiger partial charge >= 0.3 is 0 Å². The highest BCUT2D eigenvalue weighted by molar-refractivity contribution is 6.32. The van der Waals surface area contributed by atoms with E-state index in [1.165, 1.54) is 0 Å². The molecule has 0 bridgehead atoms. The highest BCUT2D eigenvalue weighted by atomic mass is 35.5. The smallest absolute Gasteiger partial charge is 0.165 e. The first kappa shape index (κ1) is 16.3. The molecule has 0 aliphatic rings. The predicted octanol–water partition coefficient (Wildman–Crippen LogP) is 5.03. The largest absolute Gasteiger partial charge is 0.279 e. The third kappa shape index (κ3) is 2.96. The lowest BCUT2D eigenvalue weighted by molar-refractivity contribution is 0.899. The van der Waals surface area contributed by atoms with Crippen LogP contribution in [0.5, 0.6) is 0 Å². The van der Waals surface area contributed by atoms with Crippen LogP contribution in [-0.2, 0) is 12.8 Å². The second-order valence-corrected chi connectivity index (χ2v) is 6.48. The van der Waals surface area contributed by atoms with Gasteiger partial charge in [-0.05, 0) is 49.6 Å². The summed E-state index contributed by atoms with van der Waals surface area (Å²) < 4.78 is 2.07. The van der Waals surface area contributed by atoms with E-state index >= 15 is 0 Å². The summed E-state index contributed by atoms with van der Waals surface area (Å²) in [5, 5.41) is 0.697. The van der Waals surface area contributed by atoms with Crippen LogP contribution in [0.15, 0.2) is 24.3 Å². The maximum absolute atomic E-state index is 6.55. The SMILES string of the molecule is CCc1nc2c(C)cc(C)nc2n1-c1ccc(CCCl)cc1Cl.